The summed E-state index contributed by atoms with van der Waals surface area (Å²) in [4.78, 5) is 0. The average Bonchev–Trinajstić information content (AvgIpc) is 3.15. The highest BCUT2D eigenvalue weighted by atomic mass is 32.2. The van der Waals surface area contributed by atoms with E-state index in [0.717, 1.165) is 11.5 Å². The molecule has 0 aromatic heterocycles. The first-order chi connectivity index (χ1) is 25.1. The molecule has 0 saturated carbocycles. The quantitative estimate of drug-likeness (QED) is 0.0593. The van der Waals surface area contributed by atoms with Crippen molar-refractivity contribution in [1.82, 2.24) is 0 Å². The SMILES string of the molecule is CCCCCCCCCCCCCCCCSCC(C)C1OCC2(CO1)COC(C(C)CSCCCCCCCCCCCCCCCC)OC2. The third kappa shape index (κ3) is 25.3. The van der Waals surface area contributed by atoms with Gasteiger partial charge in [-0.15, -0.1) is 0 Å². The zero-order valence-corrected chi connectivity index (χ0v) is 36.3. The van der Waals surface area contributed by atoms with Gasteiger partial charge in [0, 0.05) is 23.3 Å². The summed E-state index contributed by atoms with van der Waals surface area (Å²) in [7, 11) is 0. The van der Waals surface area contributed by atoms with Crippen LogP contribution in [0.5, 0.6) is 0 Å². The van der Waals surface area contributed by atoms with Crippen LogP contribution in [0.3, 0.4) is 0 Å². The number of hydrogen-bond acceptors (Lipinski definition) is 6. The van der Waals surface area contributed by atoms with Crippen molar-refractivity contribution in [3.63, 3.8) is 0 Å². The highest BCUT2D eigenvalue weighted by Crippen LogP contribution is 2.34. The molecule has 2 fully saturated rings. The Morgan fingerprint density at radius 1 is 0.392 bits per heavy atom. The van der Waals surface area contributed by atoms with Crippen LogP contribution in [0, 0.1) is 17.3 Å². The van der Waals surface area contributed by atoms with E-state index >= 15 is 0 Å². The van der Waals surface area contributed by atoms with Crippen molar-refractivity contribution in [2.24, 2.45) is 17.3 Å². The fourth-order valence-corrected chi connectivity index (χ4v) is 9.74. The van der Waals surface area contributed by atoms with Crippen LogP contribution in [0.1, 0.15) is 207 Å². The first-order valence-electron chi connectivity index (χ1n) is 22.7. The topological polar surface area (TPSA) is 36.9 Å². The lowest BCUT2D eigenvalue weighted by atomic mass is 9.90. The van der Waals surface area contributed by atoms with Crippen LogP contribution in [-0.4, -0.2) is 62.0 Å². The van der Waals surface area contributed by atoms with Crippen LogP contribution in [0.2, 0.25) is 0 Å². The van der Waals surface area contributed by atoms with E-state index < -0.39 is 0 Å². The van der Waals surface area contributed by atoms with E-state index in [1.165, 1.54) is 191 Å². The largest absolute Gasteiger partial charge is 0.352 e. The normalized spacial score (nSPS) is 22.1. The summed E-state index contributed by atoms with van der Waals surface area (Å²) in [6.45, 7) is 11.9. The number of rotatable bonds is 36. The van der Waals surface area contributed by atoms with Crippen LogP contribution in [0.25, 0.3) is 0 Å². The van der Waals surface area contributed by atoms with Gasteiger partial charge in [0.05, 0.1) is 31.8 Å². The summed E-state index contributed by atoms with van der Waals surface area (Å²) in [6, 6.07) is 0. The van der Waals surface area contributed by atoms with E-state index in [1.807, 2.05) is 0 Å². The first-order valence-corrected chi connectivity index (χ1v) is 25.0. The monoisotopic (exact) mass is 757 g/mol. The molecule has 2 atom stereocenters. The standard InChI is InChI=1S/C45H88O4S2/c1-5-7-9-11-13-15-17-19-21-23-25-27-29-31-33-50-35-41(3)43-46-37-45(38-47-43)39-48-44(49-40-45)42(4)36-51-34-32-30-28-26-24-22-20-18-16-14-12-10-8-6-2/h41-44H,5-40H2,1-4H3. The Labute approximate surface area is 327 Å². The highest BCUT2D eigenvalue weighted by molar-refractivity contribution is 7.99. The molecule has 51 heavy (non-hydrogen) atoms. The Kier molecular flexibility index (Phi) is 31.6. The maximum Gasteiger partial charge on any atom is 0.160 e. The van der Waals surface area contributed by atoms with E-state index in [-0.39, 0.29) is 18.0 Å². The molecule has 2 aliphatic rings. The predicted molar refractivity (Wildman–Crippen MR) is 227 cm³/mol. The predicted octanol–water partition coefficient (Wildman–Crippen LogP) is 14.4. The van der Waals surface area contributed by atoms with Crippen LogP contribution in [0.15, 0.2) is 0 Å². The van der Waals surface area contributed by atoms with Crippen molar-refractivity contribution in [2.45, 2.75) is 220 Å². The Balaban J connectivity index is 1.35. The molecule has 2 rings (SSSR count). The molecule has 0 aliphatic carbocycles. The maximum absolute atomic E-state index is 6.27. The zero-order valence-electron chi connectivity index (χ0n) is 34.7. The van der Waals surface area contributed by atoms with Gasteiger partial charge in [-0.05, 0) is 24.3 Å². The van der Waals surface area contributed by atoms with Gasteiger partial charge in [-0.25, -0.2) is 0 Å². The molecule has 1 spiro atoms. The van der Waals surface area contributed by atoms with Gasteiger partial charge in [0.2, 0.25) is 0 Å². The lowest BCUT2D eigenvalue weighted by molar-refractivity contribution is -0.315. The summed E-state index contributed by atoms with van der Waals surface area (Å²) in [6.07, 6.45) is 39.7. The molecule has 0 amide bonds. The molecule has 0 aromatic rings. The average molecular weight is 757 g/mol. The first kappa shape index (κ1) is 47.7. The van der Waals surface area contributed by atoms with Gasteiger partial charge in [-0.1, -0.05) is 195 Å². The van der Waals surface area contributed by atoms with Gasteiger partial charge in [0.1, 0.15) is 0 Å². The minimum atomic E-state index is -0.144. The molecule has 0 aromatic carbocycles. The van der Waals surface area contributed by atoms with Crippen LogP contribution in [0.4, 0.5) is 0 Å². The molecule has 2 unspecified atom stereocenters. The van der Waals surface area contributed by atoms with Gasteiger partial charge in [-0.3, -0.25) is 0 Å². The fourth-order valence-electron chi connectivity index (χ4n) is 7.53. The van der Waals surface area contributed by atoms with E-state index in [0.29, 0.717) is 38.3 Å². The molecule has 0 bridgehead atoms. The van der Waals surface area contributed by atoms with Crippen molar-refractivity contribution in [1.29, 1.82) is 0 Å². The molecule has 2 aliphatic heterocycles. The zero-order chi connectivity index (χ0) is 36.5. The minimum absolute atomic E-state index is 0.0950. The van der Waals surface area contributed by atoms with E-state index in [4.69, 9.17) is 18.9 Å². The Morgan fingerprint density at radius 3 is 0.882 bits per heavy atom. The molecule has 4 nitrogen and oxygen atoms in total. The Bertz CT molecular complexity index is 659. The van der Waals surface area contributed by atoms with E-state index in [1.54, 1.807) is 0 Å². The molecule has 304 valence electrons. The second-order valence-electron chi connectivity index (χ2n) is 16.8. The van der Waals surface area contributed by atoms with E-state index in [9.17, 15) is 0 Å². The van der Waals surface area contributed by atoms with Crippen molar-refractivity contribution < 1.29 is 18.9 Å². The summed E-state index contributed by atoms with van der Waals surface area (Å²) >= 11 is 4.15. The Morgan fingerprint density at radius 2 is 0.627 bits per heavy atom. The van der Waals surface area contributed by atoms with Gasteiger partial charge in [0.25, 0.3) is 0 Å². The second-order valence-corrected chi connectivity index (χ2v) is 19.1. The smallest absolute Gasteiger partial charge is 0.160 e. The van der Waals surface area contributed by atoms with Crippen molar-refractivity contribution >= 4 is 23.5 Å². The van der Waals surface area contributed by atoms with Crippen LogP contribution < -0.4 is 0 Å². The maximum atomic E-state index is 6.27. The minimum Gasteiger partial charge on any atom is -0.352 e. The van der Waals surface area contributed by atoms with Crippen molar-refractivity contribution in [3.8, 4) is 0 Å². The van der Waals surface area contributed by atoms with Crippen molar-refractivity contribution in [2.75, 3.05) is 49.4 Å². The van der Waals surface area contributed by atoms with E-state index in [2.05, 4.69) is 51.2 Å². The second kappa shape index (κ2) is 33.8. The summed E-state index contributed by atoms with van der Waals surface area (Å²) < 4.78 is 25.1. The molecule has 2 heterocycles. The summed E-state index contributed by atoms with van der Waals surface area (Å²) in [5.74, 6) is 5.57. The molecular weight excluding hydrogens is 669 g/mol. The molecule has 0 radical (unpaired) electrons. The molecule has 0 N–H and O–H groups in total. The summed E-state index contributed by atoms with van der Waals surface area (Å²) in [5, 5.41) is 0. The fraction of sp³-hybridized carbons (Fsp3) is 1.00. The number of hydrogen-bond donors (Lipinski definition) is 0. The van der Waals surface area contributed by atoms with Gasteiger partial charge < -0.3 is 18.9 Å². The van der Waals surface area contributed by atoms with Crippen LogP contribution in [-0.2, 0) is 18.9 Å². The van der Waals surface area contributed by atoms with Gasteiger partial charge >= 0.3 is 0 Å². The van der Waals surface area contributed by atoms with Crippen molar-refractivity contribution in [3.05, 3.63) is 0 Å². The Hall–Kier alpha value is 0.540. The number of thioether (sulfide) groups is 2. The third-order valence-electron chi connectivity index (χ3n) is 11.2. The third-order valence-corrected chi connectivity index (χ3v) is 13.9. The molecule has 2 saturated heterocycles. The van der Waals surface area contributed by atoms with Gasteiger partial charge in [0.15, 0.2) is 12.6 Å². The lowest BCUT2D eigenvalue weighted by Gasteiger charge is -2.45. The lowest BCUT2D eigenvalue weighted by Crippen LogP contribution is -2.54. The molecular formula is C45H88O4S2. The van der Waals surface area contributed by atoms with Gasteiger partial charge in [-0.2, -0.15) is 23.5 Å². The number of unbranched alkanes of at least 4 members (excludes halogenated alkanes) is 26. The molecule has 6 heteroatoms. The highest BCUT2D eigenvalue weighted by Gasteiger charge is 2.43. The summed E-state index contributed by atoms with van der Waals surface area (Å²) in [5.41, 5.74) is -0.144. The number of ether oxygens (including phenoxy) is 4. The van der Waals surface area contributed by atoms with Crippen LogP contribution >= 0.6 is 23.5 Å².